The molecule has 39 heavy (non-hydrogen) atoms. The van der Waals surface area contributed by atoms with E-state index in [1.54, 1.807) is 17.0 Å². The molecule has 7 heteroatoms. The lowest BCUT2D eigenvalue weighted by molar-refractivity contribution is -0.139. The van der Waals surface area contributed by atoms with Gasteiger partial charge in [0.1, 0.15) is 6.04 Å². The zero-order chi connectivity index (χ0) is 27.6. The van der Waals surface area contributed by atoms with Gasteiger partial charge in [0.05, 0.1) is 5.75 Å². The van der Waals surface area contributed by atoms with Crippen LogP contribution >= 0.6 is 35.0 Å². The molecule has 1 N–H and O–H groups in total. The van der Waals surface area contributed by atoms with Crippen LogP contribution in [0.4, 0.5) is 0 Å². The van der Waals surface area contributed by atoms with E-state index in [0.29, 0.717) is 28.8 Å². The van der Waals surface area contributed by atoms with Gasteiger partial charge in [-0.2, -0.15) is 0 Å². The standard InChI is InChI=1S/C32H36Cl2N2O2S/c1-23-10-8-9-13-25(23)20-36(31(37)22-39-21-26-16-17-27(33)19-29(26)34)30(18-24-11-4-2-5-12-24)32(38)35-28-14-6-3-7-15-28/h2,4-5,8-13,16-17,19,28,30H,3,6-7,14-15,18,20-22H2,1H3,(H,35,38)/t30-/m0/s1. The summed E-state index contributed by atoms with van der Waals surface area (Å²) < 4.78 is 0. The van der Waals surface area contributed by atoms with Crippen LogP contribution in [0.3, 0.4) is 0 Å². The molecule has 0 spiro atoms. The Morgan fingerprint density at radius 1 is 0.949 bits per heavy atom. The van der Waals surface area contributed by atoms with Crippen molar-refractivity contribution in [1.82, 2.24) is 10.2 Å². The first-order valence-corrected chi connectivity index (χ1v) is 15.5. The van der Waals surface area contributed by atoms with Gasteiger partial charge in [-0.3, -0.25) is 9.59 Å². The maximum atomic E-state index is 13.9. The molecular weight excluding hydrogens is 547 g/mol. The molecule has 0 aliphatic heterocycles. The second kappa shape index (κ2) is 14.8. The number of halogens is 2. The first-order valence-electron chi connectivity index (χ1n) is 13.6. The van der Waals surface area contributed by atoms with Gasteiger partial charge in [-0.1, -0.05) is 103 Å². The van der Waals surface area contributed by atoms with Crippen molar-refractivity contribution in [2.45, 2.75) is 69.8 Å². The van der Waals surface area contributed by atoms with Gasteiger partial charge in [0.25, 0.3) is 0 Å². The van der Waals surface area contributed by atoms with Crippen LogP contribution in [0, 0.1) is 6.92 Å². The predicted octanol–water partition coefficient (Wildman–Crippen LogP) is 7.62. The van der Waals surface area contributed by atoms with Crippen molar-refractivity contribution in [2.24, 2.45) is 0 Å². The minimum absolute atomic E-state index is 0.0620. The number of hydrogen-bond donors (Lipinski definition) is 1. The molecule has 0 heterocycles. The summed E-state index contributed by atoms with van der Waals surface area (Å²) in [5, 5.41) is 4.48. The van der Waals surface area contributed by atoms with E-state index >= 15 is 0 Å². The quantitative estimate of drug-likeness (QED) is 0.253. The SMILES string of the molecule is Cc1ccccc1CN(C(=O)CSCc1ccc(Cl)cc1Cl)[C@@H](Cc1ccccc1)C(=O)NC1CCCCC1. The first-order chi connectivity index (χ1) is 18.9. The average Bonchev–Trinajstić information content (AvgIpc) is 2.94. The van der Waals surface area contributed by atoms with Crippen LogP contribution in [0.2, 0.25) is 10.0 Å². The Morgan fingerprint density at radius 2 is 1.67 bits per heavy atom. The molecule has 0 bridgehead atoms. The van der Waals surface area contributed by atoms with E-state index in [9.17, 15) is 9.59 Å². The minimum Gasteiger partial charge on any atom is -0.352 e. The van der Waals surface area contributed by atoms with Gasteiger partial charge in [-0.15, -0.1) is 11.8 Å². The van der Waals surface area contributed by atoms with E-state index in [4.69, 9.17) is 23.2 Å². The van der Waals surface area contributed by atoms with Crippen molar-refractivity contribution in [3.8, 4) is 0 Å². The Labute approximate surface area is 246 Å². The molecule has 0 unspecified atom stereocenters. The van der Waals surface area contributed by atoms with E-state index in [-0.39, 0.29) is 23.6 Å². The Morgan fingerprint density at radius 3 is 2.38 bits per heavy atom. The molecule has 0 radical (unpaired) electrons. The van der Waals surface area contributed by atoms with E-state index in [0.717, 1.165) is 47.9 Å². The van der Waals surface area contributed by atoms with Gasteiger partial charge in [0.15, 0.2) is 0 Å². The fourth-order valence-corrected chi connectivity index (χ4v) is 6.51. The summed E-state index contributed by atoms with van der Waals surface area (Å²) in [5.74, 6) is 0.691. The summed E-state index contributed by atoms with van der Waals surface area (Å²) >= 11 is 13.9. The van der Waals surface area contributed by atoms with Gasteiger partial charge < -0.3 is 10.2 Å². The summed E-state index contributed by atoms with van der Waals surface area (Å²) in [6.07, 6.45) is 5.92. The summed E-state index contributed by atoms with van der Waals surface area (Å²) in [7, 11) is 0. The summed E-state index contributed by atoms with van der Waals surface area (Å²) in [6, 6.07) is 23.0. The lowest BCUT2D eigenvalue weighted by atomic mass is 9.94. The van der Waals surface area contributed by atoms with Crippen molar-refractivity contribution in [3.63, 3.8) is 0 Å². The molecule has 3 aromatic carbocycles. The Kier molecular flexibility index (Phi) is 11.2. The predicted molar refractivity (Wildman–Crippen MR) is 163 cm³/mol. The van der Waals surface area contributed by atoms with Crippen LogP contribution < -0.4 is 5.32 Å². The van der Waals surface area contributed by atoms with Crippen LogP contribution in [0.15, 0.2) is 72.8 Å². The van der Waals surface area contributed by atoms with Gasteiger partial charge in [0, 0.05) is 34.8 Å². The zero-order valence-corrected chi connectivity index (χ0v) is 24.7. The average molecular weight is 584 g/mol. The lowest BCUT2D eigenvalue weighted by Crippen LogP contribution is -2.53. The number of benzene rings is 3. The molecule has 0 saturated heterocycles. The second-order valence-corrected chi connectivity index (χ2v) is 12.1. The van der Waals surface area contributed by atoms with Gasteiger partial charge in [-0.25, -0.2) is 0 Å². The second-order valence-electron chi connectivity index (χ2n) is 10.2. The van der Waals surface area contributed by atoms with Crippen LogP contribution in [0.25, 0.3) is 0 Å². The molecule has 206 valence electrons. The molecule has 1 atom stereocenters. The highest BCUT2D eigenvalue weighted by atomic mass is 35.5. The van der Waals surface area contributed by atoms with Crippen molar-refractivity contribution < 1.29 is 9.59 Å². The lowest BCUT2D eigenvalue weighted by Gasteiger charge is -2.34. The molecule has 1 aliphatic rings. The third kappa shape index (κ3) is 8.76. The molecule has 3 aromatic rings. The number of nitrogens with one attached hydrogen (secondary N) is 1. The number of aryl methyl sites for hydroxylation is 1. The monoisotopic (exact) mass is 582 g/mol. The highest BCUT2D eigenvalue weighted by Crippen LogP contribution is 2.26. The maximum Gasteiger partial charge on any atom is 0.243 e. The molecule has 4 rings (SSSR count). The van der Waals surface area contributed by atoms with Gasteiger partial charge in [0.2, 0.25) is 11.8 Å². The van der Waals surface area contributed by atoms with Crippen LogP contribution in [0.5, 0.6) is 0 Å². The Balaban J connectivity index is 1.57. The highest BCUT2D eigenvalue weighted by molar-refractivity contribution is 7.99. The van der Waals surface area contributed by atoms with Crippen LogP contribution in [-0.2, 0) is 28.3 Å². The molecule has 1 aliphatic carbocycles. The fourth-order valence-electron chi connectivity index (χ4n) is 5.04. The third-order valence-corrected chi connectivity index (χ3v) is 8.88. The van der Waals surface area contributed by atoms with Crippen molar-refractivity contribution in [2.75, 3.05) is 5.75 Å². The number of rotatable bonds is 11. The largest absolute Gasteiger partial charge is 0.352 e. The topological polar surface area (TPSA) is 49.4 Å². The van der Waals surface area contributed by atoms with Crippen molar-refractivity contribution in [3.05, 3.63) is 105 Å². The number of carbonyl (C=O) groups excluding carboxylic acids is 2. The number of nitrogens with zero attached hydrogens (tertiary/aromatic N) is 1. The van der Waals surface area contributed by atoms with Crippen LogP contribution in [-0.4, -0.2) is 34.6 Å². The summed E-state index contributed by atoms with van der Waals surface area (Å²) in [4.78, 5) is 29.5. The Bertz CT molecular complexity index is 1250. The zero-order valence-electron chi connectivity index (χ0n) is 22.4. The van der Waals surface area contributed by atoms with E-state index in [2.05, 4.69) is 5.32 Å². The third-order valence-electron chi connectivity index (χ3n) is 7.32. The van der Waals surface area contributed by atoms with Crippen molar-refractivity contribution in [1.29, 1.82) is 0 Å². The van der Waals surface area contributed by atoms with Crippen molar-refractivity contribution >= 4 is 46.8 Å². The molecule has 0 aromatic heterocycles. The smallest absolute Gasteiger partial charge is 0.243 e. The van der Waals surface area contributed by atoms with Gasteiger partial charge >= 0.3 is 0 Å². The first kappa shape index (κ1) is 29.5. The minimum atomic E-state index is -0.610. The molecule has 4 nitrogen and oxygen atoms in total. The molecule has 2 amide bonds. The summed E-state index contributed by atoms with van der Waals surface area (Å²) in [5.41, 5.74) is 4.10. The van der Waals surface area contributed by atoms with Gasteiger partial charge in [-0.05, 0) is 54.2 Å². The molecular formula is C32H36Cl2N2O2S. The Hall–Kier alpha value is -2.47. The normalized spacial score (nSPS) is 14.5. The summed E-state index contributed by atoms with van der Waals surface area (Å²) in [6.45, 7) is 2.42. The number of thioether (sulfide) groups is 1. The number of amides is 2. The van der Waals surface area contributed by atoms with Crippen LogP contribution in [0.1, 0.15) is 54.4 Å². The molecule has 1 saturated carbocycles. The van der Waals surface area contributed by atoms with E-state index in [1.807, 2.05) is 67.6 Å². The number of carbonyl (C=O) groups is 2. The van der Waals surface area contributed by atoms with E-state index < -0.39 is 6.04 Å². The number of hydrogen-bond acceptors (Lipinski definition) is 3. The highest BCUT2D eigenvalue weighted by Gasteiger charge is 2.32. The van der Waals surface area contributed by atoms with E-state index in [1.165, 1.54) is 18.2 Å². The fraction of sp³-hybridized carbons (Fsp3) is 0.375. The maximum absolute atomic E-state index is 13.9. The molecule has 1 fully saturated rings.